The van der Waals surface area contributed by atoms with E-state index in [-0.39, 0.29) is 18.2 Å². The maximum Gasteiger partial charge on any atom is 0.416 e. The Morgan fingerprint density at radius 3 is 2.52 bits per heavy atom. The standard InChI is InChI=1S/C22H17ClF3N5O2/c23-17-6-4-15(5-7-17)13-30-11-9-20(29-30)27-21(32)19-8-10-31(28-19)14-33-18-3-1-2-16(12-18)22(24,25)26/h1-12H,13-14H2,(H,27,29,32). The van der Waals surface area contributed by atoms with Gasteiger partial charge in [-0.1, -0.05) is 29.8 Å². The maximum absolute atomic E-state index is 12.8. The third kappa shape index (κ3) is 5.92. The van der Waals surface area contributed by atoms with Crippen LogP contribution in [0.2, 0.25) is 5.02 Å². The lowest BCUT2D eigenvalue weighted by Gasteiger charge is -2.10. The Morgan fingerprint density at radius 2 is 1.76 bits per heavy atom. The smallest absolute Gasteiger partial charge is 0.416 e. The highest BCUT2D eigenvalue weighted by Crippen LogP contribution is 2.31. The van der Waals surface area contributed by atoms with Crippen LogP contribution in [0.4, 0.5) is 19.0 Å². The van der Waals surface area contributed by atoms with Crippen LogP contribution in [0.15, 0.2) is 73.1 Å². The van der Waals surface area contributed by atoms with Gasteiger partial charge in [-0.05, 0) is 42.0 Å². The van der Waals surface area contributed by atoms with Gasteiger partial charge in [0, 0.05) is 23.5 Å². The molecule has 0 aliphatic rings. The predicted molar refractivity (Wildman–Crippen MR) is 115 cm³/mol. The average molecular weight is 476 g/mol. The molecule has 1 N–H and O–H groups in total. The number of halogens is 4. The second-order valence-electron chi connectivity index (χ2n) is 7.02. The number of nitrogens with zero attached hydrogens (tertiary/aromatic N) is 4. The van der Waals surface area contributed by atoms with Crippen molar-refractivity contribution in [2.45, 2.75) is 19.5 Å². The Bertz CT molecular complexity index is 1250. The van der Waals surface area contributed by atoms with Crippen LogP contribution in [0.5, 0.6) is 5.75 Å². The van der Waals surface area contributed by atoms with E-state index < -0.39 is 17.6 Å². The van der Waals surface area contributed by atoms with Crippen molar-refractivity contribution in [2.75, 3.05) is 5.32 Å². The fourth-order valence-electron chi connectivity index (χ4n) is 2.93. The second kappa shape index (κ2) is 9.37. The van der Waals surface area contributed by atoms with Gasteiger partial charge in [0.2, 0.25) is 0 Å². The first kappa shape index (κ1) is 22.4. The summed E-state index contributed by atoms with van der Waals surface area (Å²) in [7, 11) is 0. The summed E-state index contributed by atoms with van der Waals surface area (Å²) in [5, 5.41) is 11.7. The first-order valence-corrected chi connectivity index (χ1v) is 10.1. The molecule has 33 heavy (non-hydrogen) atoms. The second-order valence-corrected chi connectivity index (χ2v) is 7.46. The minimum Gasteiger partial charge on any atom is -0.471 e. The number of alkyl halides is 3. The van der Waals surface area contributed by atoms with Gasteiger partial charge in [0.05, 0.1) is 12.1 Å². The minimum atomic E-state index is -4.46. The summed E-state index contributed by atoms with van der Waals surface area (Å²) in [5.41, 5.74) is 0.297. The molecule has 4 rings (SSSR count). The SMILES string of the molecule is O=C(Nc1ccn(Cc2ccc(Cl)cc2)n1)c1ccn(COc2cccc(C(F)(F)F)c2)n1. The molecule has 11 heteroatoms. The van der Waals surface area contributed by atoms with Crippen LogP contribution in [0.25, 0.3) is 0 Å². The number of nitrogens with one attached hydrogen (secondary N) is 1. The molecule has 2 heterocycles. The van der Waals surface area contributed by atoms with Crippen LogP contribution in [0.1, 0.15) is 21.6 Å². The van der Waals surface area contributed by atoms with E-state index in [9.17, 15) is 18.0 Å². The van der Waals surface area contributed by atoms with E-state index in [1.165, 1.54) is 29.1 Å². The third-order valence-electron chi connectivity index (χ3n) is 4.54. The van der Waals surface area contributed by atoms with Gasteiger partial charge in [-0.15, -0.1) is 0 Å². The van der Waals surface area contributed by atoms with E-state index in [1.807, 2.05) is 12.1 Å². The Morgan fingerprint density at radius 1 is 1.00 bits per heavy atom. The van der Waals surface area contributed by atoms with Crippen molar-refractivity contribution in [3.63, 3.8) is 0 Å². The van der Waals surface area contributed by atoms with E-state index in [4.69, 9.17) is 16.3 Å². The number of carbonyl (C=O) groups is 1. The number of hydrogen-bond acceptors (Lipinski definition) is 4. The van der Waals surface area contributed by atoms with Crippen molar-refractivity contribution in [3.8, 4) is 5.75 Å². The summed E-state index contributed by atoms with van der Waals surface area (Å²) < 4.78 is 46.7. The number of benzene rings is 2. The van der Waals surface area contributed by atoms with Gasteiger partial charge in [0.25, 0.3) is 5.91 Å². The van der Waals surface area contributed by atoms with E-state index >= 15 is 0 Å². The number of carbonyl (C=O) groups excluding carboxylic acids is 1. The number of hydrogen-bond donors (Lipinski definition) is 1. The molecular formula is C22H17ClF3N5O2. The topological polar surface area (TPSA) is 74.0 Å². The molecule has 0 fully saturated rings. The molecule has 0 saturated carbocycles. The molecule has 0 bridgehead atoms. The lowest BCUT2D eigenvalue weighted by Crippen LogP contribution is -2.15. The minimum absolute atomic E-state index is 0.0394. The molecule has 0 spiro atoms. The molecule has 0 unspecified atom stereocenters. The van der Waals surface area contributed by atoms with Crippen LogP contribution < -0.4 is 10.1 Å². The Labute approximate surface area is 191 Å². The molecule has 0 atom stereocenters. The highest BCUT2D eigenvalue weighted by atomic mass is 35.5. The first-order valence-electron chi connectivity index (χ1n) is 9.69. The zero-order chi connectivity index (χ0) is 23.4. The van der Waals surface area contributed by atoms with Gasteiger partial charge >= 0.3 is 6.18 Å². The van der Waals surface area contributed by atoms with Crippen LogP contribution in [0, 0.1) is 0 Å². The summed E-state index contributed by atoms with van der Waals surface area (Å²) in [6.45, 7) is 0.346. The Balaban J connectivity index is 1.33. The molecule has 2 aromatic heterocycles. The number of amides is 1. The van der Waals surface area contributed by atoms with Crippen LogP contribution in [-0.2, 0) is 19.5 Å². The van der Waals surface area contributed by atoms with E-state index in [2.05, 4.69) is 15.5 Å². The molecule has 2 aromatic carbocycles. The summed E-state index contributed by atoms with van der Waals surface area (Å²) >= 11 is 5.88. The van der Waals surface area contributed by atoms with Gasteiger partial charge in [-0.2, -0.15) is 23.4 Å². The van der Waals surface area contributed by atoms with Crippen LogP contribution in [-0.4, -0.2) is 25.5 Å². The van der Waals surface area contributed by atoms with Crippen molar-refractivity contribution in [3.05, 3.63) is 94.9 Å². The molecule has 4 aromatic rings. The van der Waals surface area contributed by atoms with Crippen molar-refractivity contribution < 1.29 is 22.7 Å². The van der Waals surface area contributed by atoms with Gasteiger partial charge in [-0.3, -0.25) is 9.48 Å². The Kier molecular flexibility index (Phi) is 6.36. The highest BCUT2D eigenvalue weighted by molar-refractivity contribution is 6.30. The van der Waals surface area contributed by atoms with Gasteiger partial charge in [0.1, 0.15) is 5.75 Å². The average Bonchev–Trinajstić information content (AvgIpc) is 3.43. The predicted octanol–water partition coefficient (Wildman–Crippen LogP) is 5.09. The van der Waals surface area contributed by atoms with Crippen molar-refractivity contribution in [1.82, 2.24) is 19.6 Å². The molecule has 0 saturated heterocycles. The van der Waals surface area contributed by atoms with Crippen LogP contribution >= 0.6 is 11.6 Å². The maximum atomic E-state index is 12.8. The van der Waals surface area contributed by atoms with Crippen LogP contribution in [0.3, 0.4) is 0 Å². The lowest BCUT2D eigenvalue weighted by atomic mass is 10.2. The van der Waals surface area contributed by atoms with Gasteiger partial charge in [0.15, 0.2) is 18.2 Å². The van der Waals surface area contributed by atoms with Gasteiger partial charge < -0.3 is 10.1 Å². The van der Waals surface area contributed by atoms with E-state index in [0.717, 1.165) is 17.7 Å². The van der Waals surface area contributed by atoms with Gasteiger partial charge in [-0.25, -0.2) is 4.68 Å². The number of ether oxygens (including phenoxy) is 1. The number of aromatic nitrogens is 4. The van der Waals surface area contributed by atoms with Crippen molar-refractivity contribution in [2.24, 2.45) is 0 Å². The molecule has 1 amide bonds. The third-order valence-corrected chi connectivity index (χ3v) is 4.79. The van der Waals surface area contributed by atoms with E-state index in [1.54, 1.807) is 29.1 Å². The molecule has 170 valence electrons. The number of rotatable bonds is 7. The fraction of sp³-hybridized carbons (Fsp3) is 0.136. The number of anilines is 1. The van der Waals surface area contributed by atoms with E-state index in [0.29, 0.717) is 17.4 Å². The molecule has 0 aliphatic heterocycles. The molecule has 0 aliphatic carbocycles. The summed E-state index contributed by atoms with van der Waals surface area (Å²) in [4.78, 5) is 12.4. The Hall–Kier alpha value is -3.79. The summed E-state index contributed by atoms with van der Waals surface area (Å²) in [5.74, 6) is -0.0918. The molecule has 7 nitrogen and oxygen atoms in total. The highest BCUT2D eigenvalue weighted by Gasteiger charge is 2.30. The lowest BCUT2D eigenvalue weighted by molar-refractivity contribution is -0.137. The van der Waals surface area contributed by atoms with Crippen molar-refractivity contribution >= 4 is 23.3 Å². The molecule has 0 radical (unpaired) electrons. The zero-order valence-corrected chi connectivity index (χ0v) is 17.7. The summed E-state index contributed by atoms with van der Waals surface area (Å²) in [6.07, 6.45) is -1.24. The summed E-state index contributed by atoms with van der Waals surface area (Å²) in [6, 6.07) is 15.0. The normalized spacial score (nSPS) is 11.4. The first-order chi connectivity index (χ1) is 15.8. The quantitative estimate of drug-likeness (QED) is 0.404. The fourth-order valence-corrected chi connectivity index (χ4v) is 3.06. The molecular weight excluding hydrogens is 459 g/mol. The zero-order valence-electron chi connectivity index (χ0n) is 17.0. The van der Waals surface area contributed by atoms with Crippen molar-refractivity contribution in [1.29, 1.82) is 0 Å². The largest absolute Gasteiger partial charge is 0.471 e. The monoisotopic (exact) mass is 475 g/mol.